The maximum absolute atomic E-state index is 12.8. The molecule has 0 spiro atoms. The van der Waals surface area contributed by atoms with Crippen molar-refractivity contribution in [1.29, 1.82) is 5.26 Å². The van der Waals surface area contributed by atoms with E-state index >= 15 is 0 Å². The highest BCUT2D eigenvalue weighted by Gasteiger charge is 2.17. The number of methoxy groups -OCH3 is 1. The first-order valence-electron chi connectivity index (χ1n) is 10.2. The van der Waals surface area contributed by atoms with E-state index in [2.05, 4.69) is 21.1 Å². The van der Waals surface area contributed by atoms with E-state index in [1.54, 1.807) is 68.6 Å². The zero-order valence-corrected chi connectivity index (χ0v) is 19.3. The average Bonchev–Trinajstić information content (AvgIpc) is 3.12. The van der Waals surface area contributed by atoms with Gasteiger partial charge in [0, 0.05) is 13.1 Å². The van der Waals surface area contributed by atoms with E-state index < -0.39 is 10.0 Å². The van der Waals surface area contributed by atoms with Crippen LogP contribution in [0.1, 0.15) is 17.0 Å². The van der Waals surface area contributed by atoms with Crippen molar-refractivity contribution in [2.45, 2.75) is 18.4 Å². The largest absolute Gasteiger partial charge is 0.495 e. The van der Waals surface area contributed by atoms with E-state index in [-0.39, 0.29) is 4.90 Å². The summed E-state index contributed by atoms with van der Waals surface area (Å²) in [6, 6.07) is 19.4. The molecular formula is C24H23N5O3S. The molecule has 2 N–H and O–H groups in total. The van der Waals surface area contributed by atoms with Gasteiger partial charge in [0.15, 0.2) is 0 Å². The Morgan fingerprint density at radius 3 is 2.64 bits per heavy atom. The van der Waals surface area contributed by atoms with Gasteiger partial charge in [0.25, 0.3) is 10.0 Å². The van der Waals surface area contributed by atoms with Crippen LogP contribution in [0.25, 0.3) is 11.0 Å². The molecule has 168 valence electrons. The normalized spacial score (nSPS) is 11.2. The maximum atomic E-state index is 12.8. The molecule has 0 amide bonds. The number of sulfonamides is 1. The average molecular weight is 462 g/mol. The van der Waals surface area contributed by atoms with Crippen LogP contribution in [-0.2, 0) is 23.6 Å². The Kier molecular flexibility index (Phi) is 5.94. The minimum Gasteiger partial charge on any atom is -0.495 e. The third kappa shape index (κ3) is 4.47. The van der Waals surface area contributed by atoms with Crippen LogP contribution in [0.3, 0.4) is 0 Å². The molecule has 0 aliphatic heterocycles. The second-order valence-corrected chi connectivity index (χ2v) is 9.19. The second kappa shape index (κ2) is 8.84. The molecule has 0 atom stereocenters. The van der Waals surface area contributed by atoms with Crippen molar-refractivity contribution in [3.63, 3.8) is 0 Å². The van der Waals surface area contributed by atoms with Gasteiger partial charge in [-0.1, -0.05) is 18.2 Å². The van der Waals surface area contributed by atoms with Gasteiger partial charge < -0.3 is 14.6 Å². The van der Waals surface area contributed by atoms with Crippen molar-refractivity contribution in [2.24, 2.45) is 7.05 Å². The van der Waals surface area contributed by atoms with Crippen LogP contribution in [-0.4, -0.2) is 25.1 Å². The molecule has 0 saturated carbocycles. The van der Waals surface area contributed by atoms with Crippen molar-refractivity contribution in [3.8, 4) is 11.8 Å². The van der Waals surface area contributed by atoms with Crippen LogP contribution in [0.4, 0.5) is 11.4 Å². The highest BCUT2D eigenvalue weighted by Crippen LogP contribution is 2.27. The Hall–Kier alpha value is -4.03. The topological polar surface area (TPSA) is 109 Å². The van der Waals surface area contributed by atoms with Crippen LogP contribution >= 0.6 is 0 Å². The summed E-state index contributed by atoms with van der Waals surface area (Å²) < 4.78 is 35.6. The van der Waals surface area contributed by atoms with Crippen molar-refractivity contribution < 1.29 is 13.2 Å². The van der Waals surface area contributed by atoms with E-state index in [1.165, 1.54) is 0 Å². The zero-order valence-electron chi connectivity index (χ0n) is 18.5. The summed E-state index contributed by atoms with van der Waals surface area (Å²) in [7, 11) is -0.255. The summed E-state index contributed by atoms with van der Waals surface area (Å²) in [4.78, 5) is 4.91. The lowest BCUT2D eigenvalue weighted by Gasteiger charge is -2.11. The lowest BCUT2D eigenvalue weighted by Crippen LogP contribution is -2.14. The number of ether oxygens (including phenoxy) is 1. The molecule has 0 radical (unpaired) electrons. The van der Waals surface area contributed by atoms with Crippen LogP contribution in [0.15, 0.2) is 65.6 Å². The van der Waals surface area contributed by atoms with Crippen LogP contribution in [0, 0.1) is 18.3 Å². The first-order valence-corrected chi connectivity index (χ1v) is 11.7. The lowest BCUT2D eigenvalue weighted by molar-refractivity contribution is 0.416. The number of aromatic nitrogens is 2. The highest BCUT2D eigenvalue weighted by atomic mass is 32.2. The first kappa shape index (κ1) is 22.2. The maximum Gasteiger partial charge on any atom is 0.262 e. The molecule has 0 fully saturated rings. The van der Waals surface area contributed by atoms with Gasteiger partial charge in [-0.25, -0.2) is 13.4 Å². The Bertz CT molecular complexity index is 1490. The summed E-state index contributed by atoms with van der Waals surface area (Å²) in [6.45, 7) is 2.18. The number of hydrogen-bond donors (Lipinski definition) is 2. The van der Waals surface area contributed by atoms with Gasteiger partial charge in [-0.3, -0.25) is 4.72 Å². The molecule has 4 aromatic rings. The van der Waals surface area contributed by atoms with Gasteiger partial charge in [-0.05, 0) is 48.9 Å². The van der Waals surface area contributed by atoms with Crippen molar-refractivity contribution in [2.75, 3.05) is 17.1 Å². The molecule has 3 aromatic carbocycles. The number of nitrogens with one attached hydrogen (secondary N) is 2. The molecule has 0 aliphatic carbocycles. The van der Waals surface area contributed by atoms with Crippen LogP contribution < -0.4 is 14.8 Å². The van der Waals surface area contributed by atoms with Gasteiger partial charge >= 0.3 is 0 Å². The predicted molar refractivity (Wildman–Crippen MR) is 128 cm³/mol. The fraction of sp³-hybridized carbons (Fsp3) is 0.167. The fourth-order valence-electron chi connectivity index (χ4n) is 3.62. The molecule has 4 rings (SSSR count). The summed E-state index contributed by atoms with van der Waals surface area (Å²) in [6.07, 6.45) is 0. The molecule has 8 nitrogen and oxygen atoms in total. The Morgan fingerprint density at radius 2 is 1.91 bits per heavy atom. The summed E-state index contributed by atoms with van der Waals surface area (Å²) in [5.41, 5.74) is 3.92. The SMILES string of the molecule is COc1cc(C#N)ccc1NCc1nc2cc(NS(=O)(=O)c3ccccc3C)ccc2n1C. The molecule has 0 bridgehead atoms. The van der Waals surface area contributed by atoms with E-state index in [0.29, 0.717) is 34.6 Å². The minimum atomic E-state index is -3.71. The van der Waals surface area contributed by atoms with E-state index in [4.69, 9.17) is 10.00 Å². The van der Waals surface area contributed by atoms with Gasteiger partial charge in [-0.2, -0.15) is 5.26 Å². The molecule has 0 saturated heterocycles. The molecule has 0 aliphatic rings. The second-order valence-electron chi connectivity index (χ2n) is 7.54. The summed E-state index contributed by atoms with van der Waals surface area (Å²) in [5.74, 6) is 1.33. The third-order valence-electron chi connectivity index (χ3n) is 5.38. The fourth-order valence-corrected chi connectivity index (χ4v) is 4.92. The number of anilines is 2. The van der Waals surface area contributed by atoms with Gasteiger partial charge in [0.2, 0.25) is 0 Å². The number of imidazole rings is 1. The number of rotatable bonds is 7. The summed E-state index contributed by atoms with van der Waals surface area (Å²) >= 11 is 0. The van der Waals surface area contributed by atoms with Crippen molar-refractivity contribution in [1.82, 2.24) is 9.55 Å². The van der Waals surface area contributed by atoms with E-state index in [9.17, 15) is 8.42 Å². The molecule has 1 heterocycles. The van der Waals surface area contributed by atoms with Crippen molar-refractivity contribution >= 4 is 32.4 Å². The Morgan fingerprint density at radius 1 is 1.12 bits per heavy atom. The van der Waals surface area contributed by atoms with Crippen LogP contribution in [0.2, 0.25) is 0 Å². The Balaban J connectivity index is 1.57. The standard InChI is InChI=1S/C24H23N5O3S/c1-16-6-4-5-7-23(16)33(30,31)28-18-9-11-21-20(13-18)27-24(29(21)2)15-26-19-10-8-17(14-25)12-22(19)32-3/h4-13,26,28H,15H2,1-3H3. The molecule has 1 aromatic heterocycles. The van der Waals surface area contributed by atoms with Crippen LogP contribution in [0.5, 0.6) is 5.75 Å². The number of hydrogen-bond acceptors (Lipinski definition) is 6. The van der Waals surface area contributed by atoms with E-state index in [1.807, 2.05) is 17.7 Å². The molecule has 0 unspecified atom stereocenters. The van der Waals surface area contributed by atoms with Crippen molar-refractivity contribution in [3.05, 3.63) is 77.6 Å². The quantitative estimate of drug-likeness (QED) is 0.427. The van der Waals surface area contributed by atoms with E-state index in [0.717, 1.165) is 17.0 Å². The Labute approximate surface area is 192 Å². The zero-order chi connectivity index (χ0) is 23.6. The first-order chi connectivity index (χ1) is 15.8. The number of benzene rings is 3. The molecular weight excluding hydrogens is 438 g/mol. The molecule has 9 heteroatoms. The van der Waals surface area contributed by atoms with Gasteiger partial charge in [0.05, 0.1) is 52.6 Å². The number of aryl methyl sites for hydroxylation is 2. The minimum absolute atomic E-state index is 0.243. The predicted octanol–water partition coefficient (Wildman–Crippen LogP) is 4.17. The molecule has 33 heavy (non-hydrogen) atoms. The number of nitriles is 1. The number of fused-ring (bicyclic) bond motifs is 1. The number of nitrogens with zero attached hydrogens (tertiary/aromatic N) is 3. The monoisotopic (exact) mass is 461 g/mol. The van der Waals surface area contributed by atoms with Gasteiger partial charge in [-0.15, -0.1) is 0 Å². The smallest absolute Gasteiger partial charge is 0.262 e. The van der Waals surface area contributed by atoms with Gasteiger partial charge in [0.1, 0.15) is 11.6 Å². The lowest BCUT2D eigenvalue weighted by atomic mass is 10.2. The summed E-state index contributed by atoms with van der Waals surface area (Å²) in [5, 5.41) is 12.3. The highest BCUT2D eigenvalue weighted by molar-refractivity contribution is 7.92. The third-order valence-corrected chi connectivity index (χ3v) is 6.92.